The summed E-state index contributed by atoms with van der Waals surface area (Å²) in [6, 6.07) is 0. The molecule has 0 fully saturated rings. The molecule has 0 spiro atoms. The van der Waals surface area contributed by atoms with Crippen LogP contribution in [-0.4, -0.2) is 37.5 Å². The van der Waals surface area contributed by atoms with Crippen LogP contribution < -0.4 is 0 Å². The van der Waals surface area contributed by atoms with Gasteiger partial charge in [0.2, 0.25) is 0 Å². The van der Waals surface area contributed by atoms with E-state index in [4.69, 9.17) is 19.2 Å². The Balaban J connectivity index is 3.59. The van der Waals surface area contributed by atoms with Crippen LogP contribution in [0.2, 0.25) is 0 Å². The van der Waals surface area contributed by atoms with Gasteiger partial charge in [0, 0.05) is 11.3 Å². The third-order valence-electron chi connectivity index (χ3n) is 6.28. The monoisotopic (exact) mass is 556 g/mol. The number of hydrogen-bond acceptors (Lipinski definition) is 7. The Bertz CT molecular complexity index is 646. The standard InChI is InChI=1S/C31H56O6S/c1-7-8-9-10-11-12-13-14-15-16-17-18-19-20-21-22-23-35-30(33)31(5,6)26-38-28(4)37-36-25-24-34-29(32)27(2)3/h2,4,7-26H2,1,3,5-6H3. The minimum atomic E-state index is -0.664. The normalized spacial score (nSPS) is 11.3. The molecule has 0 unspecified atom stereocenters. The van der Waals surface area contributed by atoms with Gasteiger partial charge in [0.05, 0.1) is 12.0 Å². The summed E-state index contributed by atoms with van der Waals surface area (Å²) in [5, 5.41) is 0.329. The predicted octanol–water partition coefficient (Wildman–Crippen LogP) is 9.09. The average Bonchev–Trinajstić information content (AvgIpc) is 2.88. The van der Waals surface area contributed by atoms with Crippen LogP contribution in [0.3, 0.4) is 0 Å². The molecule has 0 amide bonds. The fourth-order valence-corrected chi connectivity index (χ4v) is 4.49. The van der Waals surface area contributed by atoms with Crippen LogP contribution in [0.25, 0.3) is 0 Å². The Hall–Kier alpha value is -1.47. The maximum Gasteiger partial charge on any atom is 0.333 e. The van der Waals surface area contributed by atoms with Crippen molar-refractivity contribution in [2.75, 3.05) is 25.6 Å². The molecule has 0 N–H and O–H groups in total. The quantitative estimate of drug-likeness (QED) is 0.0249. The fraction of sp³-hybridized carbons (Fsp3) is 0.806. The molecule has 0 aliphatic rings. The topological polar surface area (TPSA) is 71.1 Å². The van der Waals surface area contributed by atoms with Gasteiger partial charge >= 0.3 is 11.9 Å². The number of carbonyl (C=O) groups excluding carboxylic acids is 2. The number of esters is 2. The molecular formula is C31H56O6S. The zero-order chi connectivity index (χ0) is 28.5. The van der Waals surface area contributed by atoms with Gasteiger partial charge in [-0.15, -0.1) is 0 Å². The third-order valence-corrected chi connectivity index (χ3v) is 7.53. The summed E-state index contributed by atoms with van der Waals surface area (Å²) in [5.41, 5.74) is -0.335. The maximum atomic E-state index is 12.5. The molecule has 0 aliphatic heterocycles. The van der Waals surface area contributed by atoms with Crippen molar-refractivity contribution >= 4 is 23.7 Å². The fourth-order valence-electron chi connectivity index (χ4n) is 3.75. The molecule has 38 heavy (non-hydrogen) atoms. The summed E-state index contributed by atoms with van der Waals surface area (Å²) in [7, 11) is 0. The lowest BCUT2D eigenvalue weighted by Crippen LogP contribution is -2.29. The largest absolute Gasteiger partial charge is 0.465 e. The van der Waals surface area contributed by atoms with E-state index in [1.807, 2.05) is 13.8 Å². The molecule has 222 valence electrons. The predicted molar refractivity (Wildman–Crippen MR) is 159 cm³/mol. The van der Waals surface area contributed by atoms with E-state index in [9.17, 15) is 9.59 Å². The molecule has 0 radical (unpaired) electrons. The van der Waals surface area contributed by atoms with Crippen LogP contribution in [0.1, 0.15) is 130 Å². The van der Waals surface area contributed by atoms with Crippen molar-refractivity contribution in [2.45, 2.75) is 130 Å². The zero-order valence-corrected chi connectivity index (χ0v) is 25.7. The highest BCUT2D eigenvalue weighted by Crippen LogP contribution is 2.28. The summed E-state index contributed by atoms with van der Waals surface area (Å²) in [6.07, 6.45) is 21.1. The Morgan fingerprint density at radius 1 is 0.684 bits per heavy atom. The van der Waals surface area contributed by atoms with Crippen LogP contribution >= 0.6 is 11.8 Å². The van der Waals surface area contributed by atoms with Crippen molar-refractivity contribution in [3.8, 4) is 0 Å². The van der Waals surface area contributed by atoms with Gasteiger partial charge in [0.25, 0.3) is 0 Å². The highest BCUT2D eigenvalue weighted by atomic mass is 32.2. The van der Waals surface area contributed by atoms with Gasteiger partial charge in [-0.1, -0.05) is 122 Å². The van der Waals surface area contributed by atoms with Gasteiger partial charge in [0.1, 0.15) is 13.2 Å². The number of ether oxygens (including phenoxy) is 2. The Labute approximate surface area is 237 Å². The Kier molecular flexibility index (Phi) is 23.6. The van der Waals surface area contributed by atoms with Crippen molar-refractivity contribution in [1.29, 1.82) is 0 Å². The first-order valence-electron chi connectivity index (χ1n) is 14.8. The molecule has 0 atom stereocenters. The van der Waals surface area contributed by atoms with E-state index in [0.717, 1.165) is 12.8 Å². The van der Waals surface area contributed by atoms with Crippen LogP contribution in [0, 0.1) is 5.41 Å². The molecule has 0 bridgehead atoms. The van der Waals surface area contributed by atoms with E-state index in [0.29, 0.717) is 23.0 Å². The van der Waals surface area contributed by atoms with E-state index in [-0.39, 0.29) is 19.2 Å². The van der Waals surface area contributed by atoms with Crippen LogP contribution in [-0.2, 0) is 28.8 Å². The average molecular weight is 557 g/mol. The summed E-state index contributed by atoms with van der Waals surface area (Å²) < 4.78 is 10.4. The molecule has 0 saturated heterocycles. The van der Waals surface area contributed by atoms with Gasteiger partial charge in [-0.25, -0.2) is 4.79 Å². The molecule has 0 aromatic rings. The van der Waals surface area contributed by atoms with E-state index in [2.05, 4.69) is 20.1 Å². The number of unbranched alkanes of at least 4 members (excludes halogenated alkanes) is 15. The van der Waals surface area contributed by atoms with Crippen molar-refractivity contribution in [3.63, 3.8) is 0 Å². The van der Waals surface area contributed by atoms with E-state index in [1.165, 1.54) is 102 Å². The van der Waals surface area contributed by atoms with Gasteiger partial charge < -0.3 is 14.4 Å². The van der Waals surface area contributed by atoms with E-state index in [1.54, 1.807) is 6.92 Å². The zero-order valence-electron chi connectivity index (χ0n) is 24.9. The molecular weight excluding hydrogens is 500 g/mol. The molecule has 7 heteroatoms. The third kappa shape index (κ3) is 22.5. The van der Waals surface area contributed by atoms with Gasteiger partial charge in [-0.2, -0.15) is 4.89 Å². The molecule has 0 aliphatic carbocycles. The molecule has 0 aromatic carbocycles. The Morgan fingerprint density at radius 2 is 1.16 bits per heavy atom. The van der Waals surface area contributed by atoms with E-state index < -0.39 is 11.4 Å². The van der Waals surface area contributed by atoms with Crippen molar-refractivity contribution < 1.29 is 28.8 Å². The van der Waals surface area contributed by atoms with Crippen molar-refractivity contribution in [2.24, 2.45) is 5.41 Å². The molecule has 0 aromatic heterocycles. The second-order valence-corrected chi connectivity index (χ2v) is 11.8. The number of hydrogen-bond donors (Lipinski definition) is 0. The second kappa shape index (κ2) is 24.6. The lowest BCUT2D eigenvalue weighted by atomic mass is 9.97. The van der Waals surface area contributed by atoms with Crippen LogP contribution in [0.5, 0.6) is 0 Å². The summed E-state index contributed by atoms with van der Waals surface area (Å²) >= 11 is 1.28. The summed E-state index contributed by atoms with van der Waals surface area (Å²) in [6.45, 7) is 15.4. The Morgan fingerprint density at radius 3 is 1.63 bits per heavy atom. The smallest absolute Gasteiger partial charge is 0.333 e. The molecule has 0 saturated carbocycles. The van der Waals surface area contributed by atoms with Crippen LogP contribution in [0.15, 0.2) is 23.8 Å². The maximum absolute atomic E-state index is 12.5. The highest BCUT2D eigenvalue weighted by Gasteiger charge is 2.30. The lowest BCUT2D eigenvalue weighted by Gasteiger charge is -2.22. The number of rotatable bonds is 27. The molecule has 0 heterocycles. The SMILES string of the molecule is C=C(OOCCOC(=O)C(=C)C)SCC(C)(C)C(=O)OCCCCCCCCCCCCCCCCCC. The van der Waals surface area contributed by atoms with Gasteiger partial charge in [-0.05, 0) is 33.8 Å². The van der Waals surface area contributed by atoms with Crippen molar-refractivity contribution in [1.82, 2.24) is 0 Å². The first-order chi connectivity index (χ1) is 18.2. The number of thioether (sulfide) groups is 1. The minimum Gasteiger partial charge on any atom is -0.465 e. The summed E-state index contributed by atoms with van der Waals surface area (Å²) in [4.78, 5) is 33.8. The lowest BCUT2D eigenvalue weighted by molar-refractivity contribution is -0.257. The van der Waals surface area contributed by atoms with E-state index >= 15 is 0 Å². The highest BCUT2D eigenvalue weighted by molar-refractivity contribution is 8.02. The first kappa shape index (κ1) is 36.5. The molecule has 0 rings (SSSR count). The van der Waals surface area contributed by atoms with Crippen molar-refractivity contribution in [3.05, 3.63) is 23.8 Å². The molecule has 6 nitrogen and oxygen atoms in total. The van der Waals surface area contributed by atoms with Gasteiger partial charge in [-0.3, -0.25) is 4.79 Å². The second-order valence-electron chi connectivity index (χ2n) is 10.8. The van der Waals surface area contributed by atoms with Crippen LogP contribution in [0.4, 0.5) is 0 Å². The minimum absolute atomic E-state index is 0.0564. The first-order valence-corrected chi connectivity index (χ1v) is 15.8. The van der Waals surface area contributed by atoms with Gasteiger partial charge in [0.15, 0.2) is 5.09 Å². The summed E-state index contributed by atoms with van der Waals surface area (Å²) in [5.74, 6) is -0.231. The number of carbonyl (C=O) groups is 2.